The van der Waals surface area contributed by atoms with Crippen molar-refractivity contribution in [2.45, 2.75) is 6.42 Å². The molecule has 0 spiro atoms. The molecule has 84 valence electrons. The number of carbonyl (C=O) groups is 1. The van der Waals surface area contributed by atoms with E-state index in [9.17, 15) is 4.79 Å². The zero-order chi connectivity index (χ0) is 11.5. The van der Waals surface area contributed by atoms with Gasteiger partial charge in [-0.1, -0.05) is 12.1 Å². The first-order valence-corrected chi connectivity index (χ1v) is 5.31. The van der Waals surface area contributed by atoms with Crippen molar-refractivity contribution in [3.63, 3.8) is 0 Å². The predicted molar refractivity (Wildman–Crippen MR) is 63.7 cm³/mol. The van der Waals surface area contributed by atoms with Crippen molar-refractivity contribution < 1.29 is 9.53 Å². The Balaban J connectivity index is 2.23. The molecule has 16 heavy (non-hydrogen) atoms. The van der Waals surface area contributed by atoms with Gasteiger partial charge in [0, 0.05) is 30.6 Å². The molecule has 1 aromatic carbocycles. The van der Waals surface area contributed by atoms with E-state index in [1.54, 1.807) is 12.0 Å². The molecule has 3 nitrogen and oxygen atoms in total. The highest BCUT2D eigenvalue weighted by Gasteiger charge is 2.28. The first kappa shape index (κ1) is 10.7. The molecule has 0 N–H and O–H groups in total. The summed E-state index contributed by atoms with van der Waals surface area (Å²) in [6.07, 6.45) is 2.40. The van der Waals surface area contributed by atoms with Crippen LogP contribution >= 0.6 is 0 Å². The van der Waals surface area contributed by atoms with Gasteiger partial charge >= 0.3 is 0 Å². The number of hydrogen-bond donors (Lipinski definition) is 0. The highest BCUT2D eigenvalue weighted by molar-refractivity contribution is 5.96. The molecule has 1 saturated heterocycles. The molecule has 3 heteroatoms. The smallest absolute Gasteiger partial charge is 0.227 e. The Morgan fingerprint density at radius 1 is 1.56 bits per heavy atom. The van der Waals surface area contributed by atoms with Crippen LogP contribution in [0.5, 0.6) is 5.75 Å². The van der Waals surface area contributed by atoms with Crippen molar-refractivity contribution >= 4 is 11.6 Å². The van der Waals surface area contributed by atoms with Crippen LogP contribution in [-0.2, 0) is 4.79 Å². The van der Waals surface area contributed by atoms with Gasteiger partial charge in [-0.3, -0.25) is 4.79 Å². The normalized spacial score (nSPS) is 19.9. The molecule has 1 aliphatic rings. The van der Waals surface area contributed by atoms with E-state index in [0.717, 1.165) is 18.0 Å². The summed E-state index contributed by atoms with van der Waals surface area (Å²) in [6, 6.07) is 7.56. The van der Waals surface area contributed by atoms with E-state index in [1.165, 1.54) is 0 Å². The highest BCUT2D eigenvalue weighted by Crippen LogP contribution is 2.27. The zero-order valence-corrected chi connectivity index (χ0v) is 9.35. The fraction of sp³-hybridized carbons (Fsp3) is 0.308. The number of ether oxygens (including phenoxy) is 1. The van der Waals surface area contributed by atoms with E-state index in [0.29, 0.717) is 6.42 Å². The number of methoxy groups -OCH3 is 1. The van der Waals surface area contributed by atoms with Gasteiger partial charge in [0.15, 0.2) is 0 Å². The second-order valence-corrected chi connectivity index (χ2v) is 3.91. The average molecular weight is 217 g/mol. The largest absolute Gasteiger partial charge is 0.497 e. The molecule has 0 aromatic heterocycles. The van der Waals surface area contributed by atoms with Crippen LogP contribution in [0.15, 0.2) is 36.9 Å². The molecular weight excluding hydrogens is 202 g/mol. The standard InChI is InChI=1S/C13H15NO2/c1-3-10-7-13(15)14(9-10)11-5-4-6-12(8-11)16-2/h3-6,8,10H,1,7,9H2,2H3. The Bertz CT molecular complexity index is 414. The van der Waals surface area contributed by atoms with Gasteiger partial charge in [0.1, 0.15) is 5.75 Å². The number of benzene rings is 1. The predicted octanol–water partition coefficient (Wildman–Crippen LogP) is 2.23. The van der Waals surface area contributed by atoms with Crippen molar-refractivity contribution in [2.75, 3.05) is 18.6 Å². The molecule has 0 aliphatic carbocycles. The number of anilines is 1. The summed E-state index contributed by atoms with van der Waals surface area (Å²) in [6.45, 7) is 4.45. The van der Waals surface area contributed by atoms with E-state index >= 15 is 0 Å². The number of rotatable bonds is 3. The number of hydrogen-bond acceptors (Lipinski definition) is 2. The maximum Gasteiger partial charge on any atom is 0.227 e. The lowest BCUT2D eigenvalue weighted by Gasteiger charge is -2.16. The van der Waals surface area contributed by atoms with Gasteiger partial charge in [-0.15, -0.1) is 6.58 Å². The van der Waals surface area contributed by atoms with Gasteiger partial charge in [0.05, 0.1) is 7.11 Å². The maximum absolute atomic E-state index is 11.8. The lowest BCUT2D eigenvalue weighted by Crippen LogP contribution is -2.24. The lowest BCUT2D eigenvalue weighted by molar-refractivity contribution is -0.117. The van der Waals surface area contributed by atoms with Crippen molar-refractivity contribution in [3.8, 4) is 5.75 Å². The van der Waals surface area contributed by atoms with E-state index in [4.69, 9.17) is 4.74 Å². The van der Waals surface area contributed by atoms with Crippen LogP contribution < -0.4 is 9.64 Å². The Kier molecular flexibility index (Phi) is 2.95. The lowest BCUT2D eigenvalue weighted by atomic mass is 10.1. The Morgan fingerprint density at radius 2 is 2.38 bits per heavy atom. The Hall–Kier alpha value is -1.77. The second-order valence-electron chi connectivity index (χ2n) is 3.91. The summed E-state index contributed by atoms with van der Waals surface area (Å²) in [5.74, 6) is 1.18. The van der Waals surface area contributed by atoms with Crippen LogP contribution in [0.4, 0.5) is 5.69 Å². The first-order valence-electron chi connectivity index (χ1n) is 5.31. The summed E-state index contributed by atoms with van der Waals surface area (Å²) in [7, 11) is 1.62. The second kappa shape index (κ2) is 4.39. The molecule has 2 rings (SSSR count). The van der Waals surface area contributed by atoms with Crippen LogP contribution in [-0.4, -0.2) is 19.6 Å². The van der Waals surface area contributed by atoms with Crippen LogP contribution in [0.1, 0.15) is 6.42 Å². The number of nitrogens with zero attached hydrogens (tertiary/aromatic N) is 1. The summed E-state index contributed by atoms with van der Waals surface area (Å²) in [5, 5.41) is 0. The van der Waals surface area contributed by atoms with Crippen LogP contribution in [0.2, 0.25) is 0 Å². The molecule has 1 heterocycles. The molecule has 1 aromatic rings. The average Bonchev–Trinajstić information content (AvgIpc) is 2.71. The maximum atomic E-state index is 11.8. The van der Waals surface area contributed by atoms with Crippen molar-refractivity contribution in [3.05, 3.63) is 36.9 Å². The van der Waals surface area contributed by atoms with Crippen LogP contribution in [0.3, 0.4) is 0 Å². The van der Waals surface area contributed by atoms with Crippen molar-refractivity contribution in [1.29, 1.82) is 0 Å². The molecule has 1 unspecified atom stereocenters. The molecule has 1 amide bonds. The monoisotopic (exact) mass is 217 g/mol. The molecule has 1 fully saturated rings. The third-order valence-corrected chi connectivity index (χ3v) is 2.85. The van der Waals surface area contributed by atoms with Gasteiger partial charge in [0.2, 0.25) is 5.91 Å². The van der Waals surface area contributed by atoms with E-state index in [1.807, 2.05) is 30.3 Å². The van der Waals surface area contributed by atoms with E-state index < -0.39 is 0 Å². The Labute approximate surface area is 95.3 Å². The first-order chi connectivity index (χ1) is 7.74. The van der Waals surface area contributed by atoms with Gasteiger partial charge in [-0.25, -0.2) is 0 Å². The van der Waals surface area contributed by atoms with Gasteiger partial charge in [-0.2, -0.15) is 0 Å². The van der Waals surface area contributed by atoms with Gasteiger partial charge in [-0.05, 0) is 12.1 Å². The number of amides is 1. The van der Waals surface area contributed by atoms with E-state index in [-0.39, 0.29) is 11.8 Å². The highest BCUT2D eigenvalue weighted by atomic mass is 16.5. The van der Waals surface area contributed by atoms with Gasteiger partial charge < -0.3 is 9.64 Å². The fourth-order valence-electron chi connectivity index (χ4n) is 1.92. The summed E-state index contributed by atoms with van der Waals surface area (Å²) in [4.78, 5) is 13.6. The molecule has 0 radical (unpaired) electrons. The van der Waals surface area contributed by atoms with E-state index in [2.05, 4.69) is 6.58 Å². The van der Waals surface area contributed by atoms with Crippen molar-refractivity contribution in [2.24, 2.45) is 5.92 Å². The minimum Gasteiger partial charge on any atom is -0.497 e. The van der Waals surface area contributed by atoms with Crippen molar-refractivity contribution in [1.82, 2.24) is 0 Å². The number of carbonyl (C=O) groups excluding carboxylic acids is 1. The molecule has 1 aliphatic heterocycles. The third kappa shape index (κ3) is 1.94. The van der Waals surface area contributed by atoms with Gasteiger partial charge in [0.25, 0.3) is 0 Å². The minimum absolute atomic E-state index is 0.151. The summed E-state index contributed by atoms with van der Waals surface area (Å²) < 4.78 is 5.14. The molecular formula is C13H15NO2. The topological polar surface area (TPSA) is 29.5 Å². The van der Waals surface area contributed by atoms with Crippen LogP contribution in [0, 0.1) is 5.92 Å². The third-order valence-electron chi connectivity index (χ3n) is 2.85. The fourth-order valence-corrected chi connectivity index (χ4v) is 1.92. The molecule has 0 bridgehead atoms. The molecule has 1 atom stereocenters. The summed E-state index contributed by atoms with van der Waals surface area (Å²) in [5.41, 5.74) is 0.897. The SMILES string of the molecule is C=CC1CC(=O)N(c2cccc(OC)c2)C1. The Morgan fingerprint density at radius 3 is 3.00 bits per heavy atom. The van der Waals surface area contributed by atoms with Crippen LogP contribution in [0.25, 0.3) is 0 Å². The summed E-state index contributed by atoms with van der Waals surface area (Å²) >= 11 is 0. The molecule has 0 saturated carbocycles. The zero-order valence-electron chi connectivity index (χ0n) is 9.35. The minimum atomic E-state index is 0.151. The quantitative estimate of drug-likeness (QED) is 0.727.